The number of ether oxygens (including phenoxy) is 1. The van der Waals surface area contributed by atoms with E-state index in [2.05, 4.69) is 5.16 Å². The summed E-state index contributed by atoms with van der Waals surface area (Å²) in [4.78, 5) is 19.1. The molecule has 5 heteroatoms. The number of benzene rings is 2. The lowest BCUT2D eigenvalue weighted by Crippen LogP contribution is -2.31. The number of para-hydroxylation sites is 1. The predicted octanol–water partition coefficient (Wildman–Crippen LogP) is 3.03. The number of hydrogen-bond acceptors (Lipinski definition) is 4. The van der Waals surface area contributed by atoms with Gasteiger partial charge in [0.1, 0.15) is 5.75 Å². The van der Waals surface area contributed by atoms with Crippen molar-refractivity contribution in [2.75, 3.05) is 24.7 Å². The van der Waals surface area contributed by atoms with Crippen molar-refractivity contribution in [2.45, 2.75) is 13.3 Å². The minimum atomic E-state index is -0.0798. The molecule has 0 aliphatic carbocycles. The lowest BCUT2D eigenvalue weighted by atomic mass is 10.2. The molecule has 0 spiro atoms. The van der Waals surface area contributed by atoms with Crippen LogP contribution in [0, 0.1) is 0 Å². The molecule has 1 aliphatic heterocycles. The number of carbonyl (C=O) groups excluding carboxylic acids is 1. The van der Waals surface area contributed by atoms with E-state index in [-0.39, 0.29) is 12.5 Å². The van der Waals surface area contributed by atoms with Crippen LogP contribution in [0.15, 0.2) is 53.7 Å². The highest BCUT2D eigenvalue weighted by atomic mass is 16.6. The molecule has 1 aliphatic rings. The molecule has 0 atom stereocenters. The molecule has 0 saturated heterocycles. The molecule has 1 heterocycles. The molecule has 1 amide bonds. The van der Waals surface area contributed by atoms with Crippen LogP contribution in [-0.2, 0) is 16.1 Å². The van der Waals surface area contributed by atoms with Gasteiger partial charge in [-0.25, -0.2) is 0 Å². The quantitative estimate of drug-likeness (QED) is 0.606. The molecule has 2 aromatic rings. The Morgan fingerprint density at radius 2 is 2.00 bits per heavy atom. The minimum absolute atomic E-state index is 0.0676. The first-order valence-electron chi connectivity index (χ1n) is 8.04. The second kappa shape index (κ2) is 7.64. The summed E-state index contributed by atoms with van der Waals surface area (Å²) in [5.74, 6) is 0.738. The van der Waals surface area contributed by atoms with Crippen LogP contribution in [0.2, 0.25) is 0 Å². The Hall–Kier alpha value is -2.82. The van der Waals surface area contributed by atoms with Crippen LogP contribution in [0.4, 0.5) is 5.69 Å². The van der Waals surface area contributed by atoms with Crippen molar-refractivity contribution in [1.82, 2.24) is 0 Å². The number of anilines is 1. The third kappa shape index (κ3) is 3.74. The molecule has 0 N–H and O–H groups in total. The van der Waals surface area contributed by atoms with Crippen LogP contribution in [0.3, 0.4) is 0 Å². The van der Waals surface area contributed by atoms with E-state index in [9.17, 15) is 4.79 Å². The smallest absolute Gasteiger partial charge is 0.267 e. The summed E-state index contributed by atoms with van der Waals surface area (Å²) in [7, 11) is 0. The topological polar surface area (TPSA) is 51.1 Å². The summed E-state index contributed by atoms with van der Waals surface area (Å²) in [6.45, 7) is 3.21. The fraction of sp³-hybridized carbons (Fsp3) is 0.263. The Bertz CT molecular complexity index is 726. The number of nitrogens with zero attached hydrogens (tertiary/aromatic N) is 2. The van der Waals surface area contributed by atoms with E-state index < -0.39 is 0 Å². The molecule has 24 heavy (non-hydrogen) atoms. The fourth-order valence-corrected chi connectivity index (χ4v) is 2.68. The largest absolute Gasteiger partial charge is 0.494 e. The maximum atomic E-state index is 12.2. The van der Waals surface area contributed by atoms with Gasteiger partial charge < -0.3 is 14.5 Å². The zero-order chi connectivity index (χ0) is 16.8. The maximum absolute atomic E-state index is 12.2. The number of carbonyl (C=O) groups is 1. The predicted molar refractivity (Wildman–Crippen MR) is 93.7 cm³/mol. The molecule has 3 rings (SSSR count). The van der Waals surface area contributed by atoms with Gasteiger partial charge in [0, 0.05) is 12.2 Å². The number of fused-ring (bicyclic) bond motifs is 1. The zero-order valence-corrected chi connectivity index (χ0v) is 13.6. The Balaban J connectivity index is 1.50. The first kappa shape index (κ1) is 16.1. The number of hydrogen-bond donors (Lipinski definition) is 0. The Morgan fingerprint density at radius 3 is 2.79 bits per heavy atom. The van der Waals surface area contributed by atoms with Gasteiger partial charge in [-0.3, -0.25) is 4.79 Å². The molecule has 0 saturated carbocycles. The van der Waals surface area contributed by atoms with E-state index in [4.69, 9.17) is 9.57 Å². The standard InChI is InChI=1S/C19H20N2O3/c1-2-23-17-9-7-15(8-10-17)13-20-24-14-19(22)21-12-11-16-5-3-4-6-18(16)21/h3-10,13H,2,11-12,14H2,1H3/b20-13-. The van der Waals surface area contributed by atoms with Crippen molar-refractivity contribution in [3.8, 4) is 5.75 Å². The van der Waals surface area contributed by atoms with Gasteiger partial charge >= 0.3 is 0 Å². The van der Waals surface area contributed by atoms with Gasteiger partial charge in [0.25, 0.3) is 5.91 Å². The van der Waals surface area contributed by atoms with Crippen molar-refractivity contribution < 1.29 is 14.4 Å². The van der Waals surface area contributed by atoms with E-state index >= 15 is 0 Å². The highest BCUT2D eigenvalue weighted by Gasteiger charge is 2.24. The molecule has 5 nitrogen and oxygen atoms in total. The summed E-state index contributed by atoms with van der Waals surface area (Å²) in [5, 5.41) is 3.87. The Labute approximate surface area is 141 Å². The van der Waals surface area contributed by atoms with Gasteiger partial charge in [0.2, 0.25) is 0 Å². The molecule has 0 aromatic heterocycles. The zero-order valence-electron chi connectivity index (χ0n) is 13.6. The Kier molecular flexibility index (Phi) is 5.11. The van der Waals surface area contributed by atoms with Gasteiger partial charge in [-0.1, -0.05) is 23.4 Å². The lowest BCUT2D eigenvalue weighted by Gasteiger charge is -2.16. The lowest BCUT2D eigenvalue weighted by molar-refractivity contribution is -0.122. The molecular formula is C19H20N2O3. The first-order chi connectivity index (χ1) is 11.8. The van der Waals surface area contributed by atoms with E-state index in [1.807, 2.05) is 55.5 Å². The molecule has 0 radical (unpaired) electrons. The van der Waals surface area contributed by atoms with Crippen LogP contribution in [-0.4, -0.2) is 31.9 Å². The highest BCUT2D eigenvalue weighted by molar-refractivity contribution is 5.96. The van der Waals surface area contributed by atoms with Crippen molar-refractivity contribution in [3.05, 3.63) is 59.7 Å². The summed E-state index contributed by atoms with van der Waals surface area (Å²) in [5.41, 5.74) is 3.06. The van der Waals surface area contributed by atoms with Crippen LogP contribution >= 0.6 is 0 Å². The molecule has 0 fully saturated rings. The number of rotatable bonds is 6. The van der Waals surface area contributed by atoms with Crippen LogP contribution in [0.25, 0.3) is 0 Å². The van der Waals surface area contributed by atoms with E-state index in [0.717, 1.165) is 23.4 Å². The number of amides is 1. The molecule has 124 valence electrons. The van der Waals surface area contributed by atoms with Crippen LogP contribution in [0.5, 0.6) is 5.75 Å². The fourth-order valence-electron chi connectivity index (χ4n) is 2.68. The van der Waals surface area contributed by atoms with Crippen LogP contribution < -0.4 is 9.64 Å². The van der Waals surface area contributed by atoms with Gasteiger partial charge in [0.15, 0.2) is 6.61 Å². The Morgan fingerprint density at radius 1 is 1.21 bits per heavy atom. The normalized spacial score (nSPS) is 13.1. The van der Waals surface area contributed by atoms with Gasteiger partial charge in [0.05, 0.1) is 12.8 Å². The second-order valence-corrected chi connectivity index (χ2v) is 5.43. The van der Waals surface area contributed by atoms with Crippen molar-refractivity contribution in [2.24, 2.45) is 5.16 Å². The maximum Gasteiger partial charge on any atom is 0.267 e. The monoisotopic (exact) mass is 324 g/mol. The van der Waals surface area contributed by atoms with E-state index in [1.54, 1.807) is 11.1 Å². The third-order valence-corrected chi connectivity index (χ3v) is 3.84. The summed E-state index contributed by atoms with van der Waals surface area (Å²) in [6, 6.07) is 15.5. The third-order valence-electron chi connectivity index (χ3n) is 3.84. The summed E-state index contributed by atoms with van der Waals surface area (Å²) in [6.07, 6.45) is 2.47. The van der Waals surface area contributed by atoms with E-state index in [0.29, 0.717) is 13.2 Å². The minimum Gasteiger partial charge on any atom is -0.494 e. The first-order valence-corrected chi connectivity index (χ1v) is 8.04. The average Bonchev–Trinajstić information content (AvgIpc) is 3.04. The second-order valence-electron chi connectivity index (χ2n) is 5.43. The molecule has 2 aromatic carbocycles. The van der Waals surface area contributed by atoms with Crippen molar-refractivity contribution in [1.29, 1.82) is 0 Å². The van der Waals surface area contributed by atoms with Gasteiger partial charge in [-0.05, 0) is 54.8 Å². The number of oxime groups is 1. The van der Waals surface area contributed by atoms with E-state index in [1.165, 1.54) is 5.56 Å². The van der Waals surface area contributed by atoms with Gasteiger partial charge in [-0.15, -0.1) is 0 Å². The molecule has 0 bridgehead atoms. The summed E-state index contributed by atoms with van der Waals surface area (Å²) >= 11 is 0. The molecule has 0 unspecified atom stereocenters. The average molecular weight is 324 g/mol. The van der Waals surface area contributed by atoms with Crippen molar-refractivity contribution in [3.63, 3.8) is 0 Å². The summed E-state index contributed by atoms with van der Waals surface area (Å²) < 4.78 is 5.38. The van der Waals surface area contributed by atoms with Crippen molar-refractivity contribution >= 4 is 17.8 Å². The van der Waals surface area contributed by atoms with Gasteiger partial charge in [-0.2, -0.15) is 0 Å². The molecular weight excluding hydrogens is 304 g/mol. The highest BCUT2D eigenvalue weighted by Crippen LogP contribution is 2.27. The van der Waals surface area contributed by atoms with Crippen LogP contribution in [0.1, 0.15) is 18.1 Å². The SMILES string of the molecule is CCOc1ccc(/C=N\OCC(=O)N2CCc3ccccc32)cc1.